The minimum Gasteiger partial charge on any atom is -0.335 e. The first-order chi connectivity index (χ1) is 20.5. The Balaban J connectivity index is 0.000000436. The SMILES string of the molecule is CCC[NH+](CCC)CCC.Cc1ccc([B-](c2ccc(C)cc2C)(c2ccc(C)cc2C)c2ccc(C)cc2C)c(C)c1. The van der Waals surface area contributed by atoms with Gasteiger partial charge < -0.3 is 4.90 Å². The van der Waals surface area contributed by atoms with Crippen LogP contribution in [0.15, 0.2) is 72.8 Å². The molecule has 0 aliphatic carbocycles. The van der Waals surface area contributed by atoms with Gasteiger partial charge in [-0.2, -0.15) is 21.9 Å². The standard InChI is InChI=1S/C32H36B.C9H21N/c1-21-9-13-29(25(5)17-21)33(30-14-10-22(2)18-26(30)6,31-15-11-23(3)19-27(31)7)32-16-12-24(4)20-28(32)8;1-4-7-10(8-5-2)9-6-3/h9-20H,1-8H3;4-9H2,1-3H3/q-1;/p+1. The van der Waals surface area contributed by atoms with E-state index >= 15 is 0 Å². The fourth-order valence-corrected chi connectivity index (χ4v) is 7.69. The third-order valence-electron chi connectivity index (χ3n) is 9.38. The third kappa shape index (κ3) is 7.90. The van der Waals surface area contributed by atoms with Gasteiger partial charge in [-0.1, -0.05) is 138 Å². The van der Waals surface area contributed by atoms with Crippen LogP contribution in [-0.2, 0) is 0 Å². The molecule has 0 atom stereocenters. The summed E-state index contributed by atoms with van der Waals surface area (Å²) >= 11 is 0. The Labute approximate surface area is 264 Å². The molecular weight excluding hydrogens is 517 g/mol. The third-order valence-corrected chi connectivity index (χ3v) is 9.38. The van der Waals surface area contributed by atoms with Crippen molar-refractivity contribution in [3.63, 3.8) is 0 Å². The minimum absolute atomic E-state index is 1.31. The molecular formula is C41H58BN. The van der Waals surface area contributed by atoms with Crippen LogP contribution in [0.2, 0.25) is 0 Å². The first-order valence-electron chi connectivity index (χ1n) is 16.8. The lowest BCUT2D eigenvalue weighted by atomic mass is 9.11. The largest absolute Gasteiger partial charge is 0.335 e. The van der Waals surface area contributed by atoms with Crippen LogP contribution in [0, 0.1) is 55.4 Å². The van der Waals surface area contributed by atoms with Gasteiger partial charge >= 0.3 is 0 Å². The summed E-state index contributed by atoms with van der Waals surface area (Å²) in [4.78, 5) is 1.78. The fourth-order valence-electron chi connectivity index (χ4n) is 7.69. The molecule has 0 aromatic heterocycles. The van der Waals surface area contributed by atoms with Crippen molar-refractivity contribution in [2.24, 2.45) is 0 Å². The summed E-state index contributed by atoms with van der Waals surface area (Å²) in [6.45, 7) is 28.8. The summed E-state index contributed by atoms with van der Waals surface area (Å²) in [5.74, 6) is 0. The summed E-state index contributed by atoms with van der Waals surface area (Å²) < 4.78 is 0. The van der Waals surface area contributed by atoms with Gasteiger partial charge in [0.05, 0.1) is 19.6 Å². The number of hydrogen-bond donors (Lipinski definition) is 1. The van der Waals surface area contributed by atoms with Crippen LogP contribution in [0.5, 0.6) is 0 Å². The molecule has 4 aromatic rings. The van der Waals surface area contributed by atoms with Gasteiger partial charge in [-0.3, -0.25) is 0 Å². The molecule has 1 N–H and O–H groups in total. The second-order valence-electron chi connectivity index (χ2n) is 13.3. The van der Waals surface area contributed by atoms with Crippen LogP contribution in [-0.4, -0.2) is 25.8 Å². The summed E-state index contributed by atoms with van der Waals surface area (Å²) in [5.41, 5.74) is 16.3. The summed E-state index contributed by atoms with van der Waals surface area (Å²) in [5, 5.41) is 0. The zero-order valence-electron chi connectivity index (χ0n) is 29.2. The Morgan fingerprint density at radius 1 is 0.395 bits per heavy atom. The van der Waals surface area contributed by atoms with E-state index in [1.807, 2.05) is 0 Å². The number of aryl methyl sites for hydroxylation is 8. The maximum Gasteiger partial charge on any atom is 0.109 e. The zero-order valence-corrected chi connectivity index (χ0v) is 29.2. The molecule has 0 amide bonds. The van der Waals surface area contributed by atoms with Crippen LogP contribution in [0.4, 0.5) is 0 Å². The van der Waals surface area contributed by atoms with Crippen molar-refractivity contribution in [3.05, 3.63) is 117 Å². The van der Waals surface area contributed by atoms with Crippen molar-refractivity contribution in [2.75, 3.05) is 19.6 Å². The highest BCUT2D eigenvalue weighted by Gasteiger charge is 2.35. The molecule has 0 aliphatic rings. The monoisotopic (exact) mass is 575 g/mol. The first kappa shape index (κ1) is 34.4. The Bertz CT molecular complexity index is 1270. The number of benzene rings is 4. The van der Waals surface area contributed by atoms with Crippen molar-refractivity contribution in [1.82, 2.24) is 0 Å². The van der Waals surface area contributed by atoms with Gasteiger partial charge in [0, 0.05) is 0 Å². The molecule has 230 valence electrons. The highest BCUT2D eigenvalue weighted by atomic mass is 15.1. The quantitative estimate of drug-likeness (QED) is 0.203. The topological polar surface area (TPSA) is 4.44 Å². The second-order valence-corrected chi connectivity index (χ2v) is 13.3. The highest BCUT2D eigenvalue weighted by molar-refractivity contribution is 7.20. The van der Waals surface area contributed by atoms with Crippen molar-refractivity contribution in [2.45, 2.75) is 95.4 Å². The Morgan fingerprint density at radius 2 is 0.628 bits per heavy atom. The van der Waals surface area contributed by atoms with E-state index in [-0.39, 0.29) is 0 Å². The summed E-state index contributed by atoms with van der Waals surface area (Å²) in [7, 11) is 0. The normalized spacial score (nSPS) is 11.4. The Kier molecular flexibility index (Phi) is 12.5. The van der Waals surface area contributed by atoms with Gasteiger partial charge in [-0.25, -0.2) is 0 Å². The molecule has 0 saturated heterocycles. The molecule has 4 aromatic carbocycles. The van der Waals surface area contributed by atoms with E-state index in [1.54, 1.807) is 4.90 Å². The van der Waals surface area contributed by atoms with Gasteiger partial charge in [-0.05, 0) is 74.7 Å². The van der Waals surface area contributed by atoms with E-state index in [1.165, 1.54) is 105 Å². The van der Waals surface area contributed by atoms with Crippen molar-refractivity contribution in [3.8, 4) is 0 Å². The van der Waals surface area contributed by atoms with E-state index in [0.717, 1.165) is 0 Å². The van der Waals surface area contributed by atoms with Crippen LogP contribution in [0.25, 0.3) is 0 Å². The van der Waals surface area contributed by atoms with Gasteiger partial charge in [-0.15, -0.1) is 0 Å². The molecule has 0 spiro atoms. The lowest BCUT2D eigenvalue weighted by Gasteiger charge is -2.48. The van der Waals surface area contributed by atoms with Gasteiger partial charge in [0.1, 0.15) is 6.15 Å². The maximum atomic E-state index is 2.39. The summed E-state index contributed by atoms with van der Waals surface area (Å²) in [6, 6.07) is 28.1. The average Bonchev–Trinajstić information content (AvgIpc) is 2.93. The predicted octanol–water partition coefficient (Wildman–Crippen LogP) is 6.63. The molecule has 0 bridgehead atoms. The Morgan fingerprint density at radius 3 is 0.814 bits per heavy atom. The molecule has 43 heavy (non-hydrogen) atoms. The zero-order chi connectivity index (χ0) is 31.7. The van der Waals surface area contributed by atoms with E-state index in [2.05, 4.69) is 149 Å². The van der Waals surface area contributed by atoms with Crippen molar-refractivity contribution < 1.29 is 4.90 Å². The lowest BCUT2D eigenvalue weighted by Crippen LogP contribution is -3.11. The lowest BCUT2D eigenvalue weighted by molar-refractivity contribution is -0.900. The first-order valence-corrected chi connectivity index (χ1v) is 16.8. The summed E-state index contributed by atoms with van der Waals surface area (Å²) in [6.07, 6.45) is 2.61. The number of quaternary nitrogens is 1. The van der Waals surface area contributed by atoms with Crippen LogP contribution >= 0.6 is 0 Å². The van der Waals surface area contributed by atoms with Crippen LogP contribution < -0.4 is 26.8 Å². The molecule has 4 rings (SSSR count). The predicted molar refractivity (Wildman–Crippen MR) is 194 cm³/mol. The smallest absolute Gasteiger partial charge is 0.109 e. The number of rotatable bonds is 10. The second kappa shape index (κ2) is 15.6. The fraction of sp³-hybridized carbons (Fsp3) is 0.415. The molecule has 0 aliphatic heterocycles. The molecule has 0 radical (unpaired) electrons. The highest BCUT2D eigenvalue weighted by Crippen LogP contribution is 2.19. The van der Waals surface area contributed by atoms with Gasteiger partial charge in [0.2, 0.25) is 0 Å². The molecule has 0 fully saturated rings. The molecule has 0 heterocycles. The van der Waals surface area contributed by atoms with Gasteiger partial charge in [0.15, 0.2) is 0 Å². The molecule has 2 heteroatoms. The molecule has 1 nitrogen and oxygen atoms in total. The van der Waals surface area contributed by atoms with E-state index in [4.69, 9.17) is 0 Å². The van der Waals surface area contributed by atoms with Crippen molar-refractivity contribution in [1.29, 1.82) is 0 Å². The Hall–Kier alpha value is -3.10. The average molecular weight is 576 g/mol. The van der Waals surface area contributed by atoms with Crippen LogP contribution in [0.3, 0.4) is 0 Å². The van der Waals surface area contributed by atoms with E-state index in [0.29, 0.717) is 0 Å². The maximum absolute atomic E-state index is 2.39. The minimum atomic E-state index is -1.38. The van der Waals surface area contributed by atoms with E-state index in [9.17, 15) is 0 Å². The van der Waals surface area contributed by atoms with E-state index < -0.39 is 6.15 Å². The molecule has 0 saturated carbocycles. The molecule has 0 unspecified atom stereocenters. The van der Waals surface area contributed by atoms with Crippen molar-refractivity contribution >= 4 is 28.0 Å². The number of hydrogen-bond acceptors (Lipinski definition) is 0. The number of nitrogens with one attached hydrogen (secondary N) is 1. The van der Waals surface area contributed by atoms with Crippen LogP contribution in [0.1, 0.15) is 84.5 Å². The van der Waals surface area contributed by atoms with Gasteiger partial charge in [0.25, 0.3) is 0 Å².